The van der Waals surface area contributed by atoms with Crippen LogP contribution >= 0.6 is 11.8 Å². The van der Waals surface area contributed by atoms with Crippen LogP contribution in [0.15, 0.2) is 53.5 Å². The van der Waals surface area contributed by atoms with Crippen molar-refractivity contribution in [1.82, 2.24) is 4.90 Å². The van der Waals surface area contributed by atoms with Crippen LogP contribution in [0.2, 0.25) is 0 Å². The van der Waals surface area contributed by atoms with Crippen LogP contribution in [-0.4, -0.2) is 35.4 Å². The fraction of sp³-hybridized carbons (Fsp3) is 0.333. The predicted octanol–water partition coefficient (Wildman–Crippen LogP) is 5.09. The molecule has 0 aromatic heterocycles. The lowest BCUT2D eigenvalue weighted by Crippen LogP contribution is -2.39. The lowest BCUT2D eigenvalue weighted by Gasteiger charge is -2.28. The largest absolute Gasteiger partial charge is 0.497 e. The van der Waals surface area contributed by atoms with Gasteiger partial charge in [-0.25, -0.2) is 4.99 Å². The Hall–Kier alpha value is -2.27. The average molecular weight is 369 g/mol. The van der Waals surface area contributed by atoms with E-state index < -0.39 is 0 Å². The fourth-order valence-corrected chi connectivity index (χ4v) is 3.88. The van der Waals surface area contributed by atoms with Crippen molar-refractivity contribution in [3.63, 3.8) is 0 Å². The number of carbonyl (C=O) groups excluding carboxylic acids is 1. The molecule has 1 saturated heterocycles. The summed E-state index contributed by atoms with van der Waals surface area (Å²) in [5.41, 5.74) is 2.76. The van der Waals surface area contributed by atoms with Crippen molar-refractivity contribution in [2.75, 3.05) is 19.4 Å². The normalized spacial score (nSPS) is 16.2. The monoisotopic (exact) mass is 368 g/mol. The zero-order valence-corrected chi connectivity index (χ0v) is 16.3. The van der Waals surface area contributed by atoms with Crippen LogP contribution in [-0.2, 0) is 0 Å². The minimum atomic E-state index is -0.0307. The van der Waals surface area contributed by atoms with Crippen LogP contribution in [0.4, 0.5) is 5.69 Å². The molecule has 136 valence electrons. The van der Waals surface area contributed by atoms with E-state index in [-0.39, 0.29) is 5.91 Å². The summed E-state index contributed by atoms with van der Waals surface area (Å²) >= 11 is 1.64. The molecular formula is C21H24N2O2S. The summed E-state index contributed by atoms with van der Waals surface area (Å²) in [5, 5.41) is 0.775. The van der Waals surface area contributed by atoms with Crippen LogP contribution < -0.4 is 4.74 Å². The van der Waals surface area contributed by atoms with Gasteiger partial charge in [0.05, 0.1) is 12.8 Å². The summed E-state index contributed by atoms with van der Waals surface area (Å²) in [6, 6.07) is 15.4. The van der Waals surface area contributed by atoms with Gasteiger partial charge in [-0.2, -0.15) is 0 Å². The second-order valence-electron chi connectivity index (χ2n) is 6.50. The molecule has 26 heavy (non-hydrogen) atoms. The first-order valence-electron chi connectivity index (χ1n) is 8.86. The van der Waals surface area contributed by atoms with Gasteiger partial charge in [0.2, 0.25) is 0 Å². The molecule has 1 amide bonds. The SMILES string of the molecule is COc1cccc(C(=O)N2CCCSC2=Nc2ccccc2C(C)C)c1. The number of rotatable bonds is 4. The quantitative estimate of drug-likeness (QED) is 0.755. The number of amidine groups is 1. The Morgan fingerprint density at radius 3 is 2.77 bits per heavy atom. The molecule has 3 rings (SSSR count). The van der Waals surface area contributed by atoms with Gasteiger partial charge in [0.25, 0.3) is 5.91 Å². The van der Waals surface area contributed by atoms with Crippen LogP contribution in [0, 0.1) is 0 Å². The van der Waals surface area contributed by atoms with Gasteiger partial charge in [-0.1, -0.05) is 49.9 Å². The number of hydrogen-bond donors (Lipinski definition) is 0. The highest BCUT2D eigenvalue weighted by Gasteiger charge is 2.25. The van der Waals surface area contributed by atoms with Gasteiger partial charge in [0.1, 0.15) is 5.75 Å². The van der Waals surface area contributed by atoms with Crippen molar-refractivity contribution in [2.24, 2.45) is 4.99 Å². The van der Waals surface area contributed by atoms with E-state index in [4.69, 9.17) is 9.73 Å². The van der Waals surface area contributed by atoms with Crippen molar-refractivity contribution in [1.29, 1.82) is 0 Å². The van der Waals surface area contributed by atoms with E-state index in [2.05, 4.69) is 19.9 Å². The van der Waals surface area contributed by atoms with Crippen molar-refractivity contribution >= 4 is 28.5 Å². The predicted molar refractivity (Wildman–Crippen MR) is 109 cm³/mol. The second kappa shape index (κ2) is 8.41. The summed E-state index contributed by atoms with van der Waals surface area (Å²) in [4.78, 5) is 19.7. The molecule has 1 aliphatic rings. The van der Waals surface area contributed by atoms with Crippen molar-refractivity contribution < 1.29 is 9.53 Å². The maximum Gasteiger partial charge on any atom is 0.259 e. The third kappa shape index (κ3) is 4.10. The summed E-state index contributed by atoms with van der Waals surface area (Å²) in [6.07, 6.45) is 0.964. The van der Waals surface area contributed by atoms with Crippen LogP contribution in [0.25, 0.3) is 0 Å². The van der Waals surface area contributed by atoms with Gasteiger partial charge >= 0.3 is 0 Å². The molecule has 5 heteroatoms. The van der Waals surface area contributed by atoms with Crippen LogP contribution in [0.3, 0.4) is 0 Å². The van der Waals surface area contributed by atoms with E-state index in [1.165, 1.54) is 5.56 Å². The Labute approximate surface area is 159 Å². The van der Waals surface area contributed by atoms with E-state index in [0.717, 1.165) is 23.0 Å². The van der Waals surface area contributed by atoms with Gasteiger partial charge in [0.15, 0.2) is 5.17 Å². The number of ether oxygens (including phenoxy) is 1. The molecule has 0 unspecified atom stereocenters. The molecule has 0 spiro atoms. The zero-order valence-electron chi connectivity index (χ0n) is 15.4. The minimum Gasteiger partial charge on any atom is -0.497 e. The number of nitrogens with zero attached hydrogens (tertiary/aromatic N) is 2. The summed E-state index contributed by atoms with van der Waals surface area (Å²) in [5.74, 6) is 2.01. The van der Waals surface area contributed by atoms with Crippen molar-refractivity contribution in [2.45, 2.75) is 26.2 Å². The molecule has 1 aliphatic heterocycles. The fourth-order valence-electron chi connectivity index (χ4n) is 2.93. The number of carbonyl (C=O) groups is 1. The molecular weight excluding hydrogens is 344 g/mol. The van der Waals surface area contributed by atoms with Gasteiger partial charge in [-0.05, 0) is 42.2 Å². The molecule has 1 heterocycles. The van der Waals surface area contributed by atoms with Gasteiger partial charge < -0.3 is 4.74 Å². The number of hydrogen-bond acceptors (Lipinski definition) is 4. The van der Waals surface area contributed by atoms with Gasteiger partial charge in [-0.3, -0.25) is 9.69 Å². The summed E-state index contributed by atoms with van der Waals surface area (Å²) < 4.78 is 5.25. The molecule has 2 aromatic rings. The lowest BCUT2D eigenvalue weighted by atomic mass is 10.0. The van der Waals surface area contributed by atoms with Gasteiger partial charge in [0, 0.05) is 17.9 Å². The Kier molecular flexibility index (Phi) is 5.99. The van der Waals surface area contributed by atoms with E-state index in [9.17, 15) is 4.79 Å². The van der Waals surface area contributed by atoms with E-state index in [1.54, 1.807) is 29.8 Å². The Bertz CT molecular complexity index is 817. The Balaban J connectivity index is 1.94. The molecule has 1 fully saturated rings. The zero-order chi connectivity index (χ0) is 18.5. The van der Waals surface area contributed by atoms with E-state index in [1.807, 2.05) is 36.4 Å². The first kappa shape index (κ1) is 18.5. The first-order chi connectivity index (χ1) is 12.6. The number of para-hydroxylation sites is 1. The average Bonchev–Trinajstić information content (AvgIpc) is 2.68. The second-order valence-corrected chi connectivity index (χ2v) is 7.56. The standard InChI is InChI=1S/C21H24N2O2S/c1-15(2)18-10-4-5-11-19(18)22-21-23(12-7-13-26-21)20(24)16-8-6-9-17(14-16)25-3/h4-6,8-11,14-15H,7,12-13H2,1-3H3. The smallest absolute Gasteiger partial charge is 0.259 e. The van der Waals surface area contributed by atoms with Crippen LogP contribution in [0.1, 0.15) is 42.1 Å². The number of methoxy groups -OCH3 is 1. The maximum absolute atomic E-state index is 13.1. The highest BCUT2D eigenvalue weighted by molar-refractivity contribution is 8.13. The topological polar surface area (TPSA) is 41.9 Å². The molecule has 0 N–H and O–H groups in total. The maximum atomic E-state index is 13.1. The van der Waals surface area contributed by atoms with Gasteiger partial charge in [-0.15, -0.1) is 0 Å². The van der Waals surface area contributed by atoms with Crippen LogP contribution in [0.5, 0.6) is 5.75 Å². The molecule has 0 saturated carbocycles. The molecule has 0 aliphatic carbocycles. The highest BCUT2D eigenvalue weighted by atomic mass is 32.2. The Morgan fingerprint density at radius 1 is 1.19 bits per heavy atom. The third-order valence-corrected chi connectivity index (χ3v) is 5.39. The molecule has 0 radical (unpaired) electrons. The van der Waals surface area contributed by atoms with Crippen molar-refractivity contribution in [3.8, 4) is 5.75 Å². The molecule has 2 aromatic carbocycles. The summed E-state index contributed by atoms with van der Waals surface area (Å²) in [6.45, 7) is 5.00. The first-order valence-corrected chi connectivity index (χ1v) is 9.85. The molecule has 0 atom stereocenters. The number of amides is 1. The molecule has 4 nitrogen and oxygen atoms in total. The van der Waals surface area contributed by atoms with Crippen molar-refractivity contribution in [3.05, 3.63) is 59.7 Å². The highest BCUT2D eigenvalue weighted by Crippen LogP contribution is 2.30. The Morgan fingerprint density at radius 2 is 2.00 bits per heavy atom. The molecule has 0 bridgehead atoms. The number of benzene rings is 2. The lowest BCUT2D eigenvalue weighted by molar-refractivity contribution is 0.0849. The third-order valence-electron chi connectivity index (χ3n) is 4.32. The van der Waals surface area contributed by atoms with E-state index >= 15 is 0 Å². The number of thioether (sulfide) groups is 1. The minimum absolute atomic E-state index is 0.0307. The summed E-state index contributed by atoms with van der Waals surface area (Å²) in [7, 11) is 1.61. The van der Waals surface area contributed by atoms with E-state index in [0.29, 0.717) is 23.8 Å². The number of aliphatic imine (C=N–C) groups is 1.